The summed E-state index contributed by atoms with van der Waals surface area (Å²) in [6.07, 6.45) is 4.33. The largest absolute Gasteiger partial charge is 0.490 e. The molecule has 0 radical (unpaired) electrons. The number of carbonyl (C=O) groups excluding carboxylic acids is 1. The highest BCUT2D eigenvalue weighted by atomic mass is 35.5. The van der Waals surface area contributed by atoms with Gasteiger partial charge in [0.2, 0.25) is 5.91 Å². The van der Waals surface area contributed by atoms with Gasteiger partial charge in [-0.15, -0.1) is 12.4 Å². The van der Waals surface area contributed by atoms with E-state index in [0.717, 1.165) is 36.0 Å². The van der Waals surface area contributed by atoms with Crippen LogP contribution in [-0.2, 0) is 4.79 Å². The predicted molar refractivity (Wildman–Crippen MR) is 124 cm³/mol. The van der Waals surface area contributed by atoms with Crippen LogP contribution in [0.2, 0.25) is 0 Å². The number of aromatic nitrogens is 1. The number of hydrogen-bond donors (Lipinski definition) is 0. The summed E-state index contributed by atoms with van der Waals surface area (Å²) in [5.41, 5.74) is 4.60. The minimum Gasteiger partial charge on any atom is -0.490 e. The van der Waals surface area contributed by atoms with Crippen LogP contribution >= 0.6 is 12.4 Å². The van der Waals surface area contributed by atoms with Crippen molar-refractivity contribution in [1.29, 1.82) is 0 Å². The number of ether oxygens (including phenoxy) is 1. The molecule has 0 saturated carbocycles. The SMILES string of the molecule is CCC(=O)N1CCC(Oc2ccc(-c3ccc4cccnc4c3C)cc2)CC1C.Cl. The Balaban J connectivity index is 0.00000256. The van der Waals surface area contributed by atoms with Gasteiger partial charge in [0.1, 0.15) is 11.9 Å². The molecule has 0 aliphatic carbocycles. The Morgan fingerprint density at radius 3 is 2.63 bits per heavy atom. The van der Waals surface area contributed by atoms with Crippen molar-refractivity contribution >= 4 is 29.2 Å². The van der Waals surface area contributed by atoms with Crippen molar-refractivity contribution in [3.8, 4) is 16.9 Å². The van der Waals surface area contributed by atoms with Crippen molar-refractivity contribution in [2.24, 2.45) is 0 Å². The highest BCUT2D eigenvalue weighted by molar-refractivity contribution is 5.88. The van der Waals surface area contributed by atoms with E-state index in [4.69, 9.17) is 4.74 Å². The molecule has 1 aliphatic rings. The maximum atomic E-state index is 12.0. The van der Waals surface area contributed by atoms with Gasteiger partial charge in [0.15, 0.2) is 0 Å². The second-order valence-electron chi connectivity index (χ2n) is 7.89. The Bertz CT molecular complexity index is 1020. The highest BCUT2D eigenvalue weighted by Gasteiger charge is 2.28. The van der Waals surface area contributed by atoms with Crippen molar-refractivity contribution < 1.29 is 9.53 Å². The van der Waals surface area contributed by atoms with Gasteiger partial charge in [-0.25, -0.2) is 0 Å². The number of rotatable bonds is 4. The smallest absolute Gasteiger partial charge is 0.222 e. The highest BCUT2D eigenvalue weighted by Crippen LogP contribution is 2.30. The minimum atomic E-state index is 0. The van der Waals surface area contributed by atoms with Gasteiger partial charge < -0.3 is 9.64 Å². The molecule has 2 heterocycles. The summed E-state index contributed by atoms with van der Waals surface area (Å²) in [6, 6.07) is 16.9. The summed E-state index contributed by atoms with van der Waals surface area (Å²) in [5, 5.41) is 1.16. The number of piperidine rings is 1. The third-order valence-corrected chi connectivity index (χ3v) is 5.95. The third kappa shape index (κ3) is 4.44. The number of carbonyl (C=O) groups is 1. The lowest BCUT2D eigenvalue weighted by atomic mass is 9.97. The molecule has 1 aromatic heterocycles. The van der Waals surface area contributed by atoms with Crippen LogP contribution in [0, 0.1) is 6.92 Å². The summed E-state index contributed by atoms with van der Waals surface area (Å²) in [4.78, 5) is 18.5. The Morgan fingerprint density at radius 1 is 1.17 bits per heavy atom. The zero-order valence-corrected chi connectivity index (χ0v) is 18.6. The number of benzene rings is 2. The molecule has 1 fully saturated rings. The third-order valence-electron chi connectivity index (χ3n) is 5.95. The zero-order valence-electron chi connectivity index (χ0n) is 17.8. The molecule has 0 N–H and O–H groups in total. The maximum Gasteiger partial charge on any atom is 0.222 e. The number of pyridine rings is 1. The number of amides is 1. The van der Waals surface area contributed by atoms with Crippen LogP contribution < -0.4 is 4.74 Å². The molecule has 5 heteroatoms. The summed E-state index contributed by atoms with van der Waals surface area (Å²) >= 11 is 0. The first-order valence-electron chi connectivity index (χ1n) is 10.5. The number of hydrogen-bond acceptors (Lipinski definition) is 3. The molecule has 4 nitrogen and oxygen atoms in total. The zero-order chi connectivity index (χ0) is 20.4. The Morgan fingerprint density at radius 2 is 1.93 bits per heavy atom. The monoisotopic (exact) mass is 424 g/mol. The second kappa shape index (κ2) is 9.48. The Hall–Kier alpha value is -2.59. The standard InChI is InChI=1S/C25H28N2O2.ClH/c1-4-24(28)27-15-13-22(16-17(27)2)29-21-10-7-19(8-11-21)23-12-9-20-6-5-14-26-25(20)18(23)3;/h5-12,14,17,22H,4,13,15-16H2,1-3H3;1H. The molecule has 1 amide bonds. The molecule has 1 aliphatic heterocycles. The van der Waals surface area contributed by atoms with Crippen LogP contribution in [-0.4, -0.2) is 34.5 Å². The lowest BCUT2D eigenvalue weighted by Gasteiger charge is -2.37. The van der Waals surface area contributed by atoms with Gasteiger partial charge in [0.25, 0.3) is 0 Å². The molecule has 4 rings (SSSR count). The quantitative estimate of drug-likeness (QED) is 0.531. The van der Waals surface area contributed by atoms with Gasteiger partial charge in [-0.3, -0.25) is 9.78 Å². The van der Waals surface area contributed by atoms with E-state index < -0.39 is 0 Å². The van der Waals surface area contributed by atoms with Crippen LogP contribution in [0.5, 0.6) is 5.75 Å². The number of aryl methyl sites for hydroxylation is 1. The molecule has 2 atom stereocenters. The fourth-order valence-electron chi connectivity index (χ4n) is 4.32. The number of halogens is 1. The molecule has 0 spiro atoms. The molecular weight excluding hydrogens is 396 g/mol. The lowest BCUT2D eigenvalue weighted by molar-refractivity contribution is -0.135. The lowest BCUT2D eigenvalue weighted by Crippen LogP contribution is -2.47. The summed E-state index contributed by atoms with van der Waals surface area (Å²) in [5.74, 6) is 1.12. The van der Waals surface area contributed by atoms with Crippen molar-refractivity contribution in [1.82, 2.24) is 9.88 Å². The topological polar surface area (TPSA) is 42.4 Å². The Kier molecular flexibility index (Phi) is 6.99. The summed E-state index contributed by atoms with van der Waals surface area (Å²) in [7, 11) is 0. The van der Waals surface area contributed by atoms with Crippen molar-refractivity contribution in [3.05, 3.63) is 60.3 Å². The number of nitrogens with zero attached hydrogens (tertiary/aromatic N) is 2. The molecular formula is C25H29ClN2O2. The van der Waals surface area contributed by atoms with E-state index in [0.29, 0.717) is 6.42 Å². The average Bonchev–Trinajstić information content (AvgIpc) is 2.74. The van der Waals surface area contributed by atoms with E-state index in [9.17, 15) is 4.79 Å². The first-order chi connectivity index (χ1) is 14.1. The van der Waals surface area contributed by atoms with Gasteiger partial charge in [-0.05, 0) is 48.7 Å². The first-order valence-corrected chi connectivity index (χ1v) is 10.5. The predicted octanol–water partition coefficient (Wildman–Crippen LogP) is 5.80. The number of fused-ring (bicyclic) bond motifs is 1. The fourth-order valence-corrected chi connectivity index (χ4v) is 4.32. The summed E-state index contributed by atoms with van der Waals surface area (Å²) in [6.45, 7) is 6.94. The molecule has 3 aromatic rings. The van der Waals surface area contributed by atoms with E-state index in [1.807, 2.05) is 36.2 Å². The van der Waals surface area contributed by atoms with E-state index in [2.05, 4.69) is 49.2 Å². The van der Waals surface area contributed by atoms with Crippen LogP contribution in [0.4, 0.5) is 0 Å². The maximum absolute atomic E-state index is 12.0. The van der Waals surface area contributed by atoms with E-state index >= 15 is 0 Å². The van der Waals surface area contributed by atoms with Crippen LogP contribution in [0.1, 0.15) is 38.7 Å². The van der Waals surface area contributed by atoms with Gasteiger partial charge in [0.05, 0.1) is 5.52 Å². The first kappa shape index (κ1) is 22.1. The normalized spacial score (nSPS) is 18.7. The average molecular weight is 425 g/mol. The molecule has 2 unspecified atom stereocenters. The molecule has 30 heavy (non-hydrogen) atoms. The van der Waals surface area contributed by atoms with Gasteiger partial charge in [0, 0.05) is 43.4 Å². The second-order valence-corrected chi connectivity index (χ2v) is 7.89. The fraction of sp³-hybridized carbons (Fsp3) is 0.360. The van der Waals surface area contributed by atoms with Crippen molar-refractivity contribution in [2.45, 2.75) is 52.2 Å². The van der Waals surface area contributed by atoms with E-state index in [-0.39, 0.29) is 30.5 Å². The van der Waals surface area contributed by atoms with Gasteiger partial charge in [-0.1, -0.05) is 37.3 Å². The molecule has 158 valence electrons. The van der Waals surface area contributed by atoms with Crippen molar-refractivity contribution in [3.63, 3.8) is 0 Å². The Labute approximate surface area is 184 Å². The molecule has 2 aromatic carbocycles. The molecule has 1 saturated heterocycles. The number of likely N-dealkylation sites (tertiary alicyclic amines) is 1. The van der Waals surface area contributed by atoms with Crippen LogP contribution in [0.3, 0.4) is 0 Å². The van der Waals surface area contributed by atoms with E-state index in [1.54, 1.807) is 0 Å². The minimum absolute atomic E-state index is 0. The van der Waals surface area contributed by atoms with Gasteiger partial charge in [-0.2, -0.15) is 0 Å². The van der Waals surface area contributed by atoms with Crippen LogP contribution in [0.15, 0.2) is 54.7 Å². The van der Waals surface area contributed by atoms with Crippen LogP contribution in [0.25, 0.3) is 22.0 Å². The summed E-state index contributed by atoms with van der Waals surface area (Å²) < 4.78 is 6.23. The molecule has 0 bridgehead atoms. The van der Waals surface area contributed by atoms with E-state index in [1.165, 1.54) is 16.7 Å². The van der Waals surface area contributed by atoms with Gasteiger partial charge >= 0.3 is 0 Å². The van der Waals surface area contributed by atoms with Crippen molar-refractivity contribution in [2.75, 3.05) is 6.54 Å².